The Morgan fingerprint density at radius 1 is 1.15 bits per heavy atom. The molecule has 0 aliphatic heterocycles. The standard InChI is InChI=1S/C21H17ClF3N5O2S/c1-26-10-13-12-30(33(31,32)15-3-2-8-27-11-15)18-9-14(4-5-16(13)18)28-17-6-7-19(22)29-20(17)21(23,24)25/h2-9,11-12,26,28H,10H2,1H3. The fourth-order valence-corrected chi connectivity index (χ4v) is 4.89. The highest BCUT2D eigenvalue weighted by atomic mass is 35.5. The third kappa shape index (κ3) is 4.52. The summed E-state index contributed by atoms with van der Waals surface area (Å²) in [6, 6.07) is 10.0. The summed E-state index contributed by atoms with van der Waals surface area (Å²) in [6.45, 7) is 0.387. The van der Waals surface area contributed by atoms with E-state index in [1.165, 1.54) is 48.9 Å². The smallest absolute Gasteiger partial charge is 0.354 e. The van der Waals surface area contributed by atoms with E-state index >= 15 is 0 Å². The van der Waals surface area contributed by atoms with Gasteiger partial charge in [0.1, 0.15) is 10.0 Å². The molecule has 33 heavy (non-hydrogen) atoms. The van der Waals surface area contributed by atoms with Crippen LogP contribution >= 0.6 is 11.6 Å². The first-order chi connectivity index (χ1) is 15.6. The Morgan fingerprint density at radius 3 is 2.61 bits per heavy atom. The number of rotatable bonds is 6. The van der Waals surface area contributed by atoms with Gasteiger partial charge in [0.05, 0.1) is 11.2 Å². The first kappa shape index (κ1) is 23.0. The molecule has 0 radical (unpaired) electrons. The molecule has 172 valence electrons. The van der Waals surface area contributed by atoms with Gasteiger partial charge in [0.2, 0.25) is 0 Å². The molecule has 1 aromatic carbocycles. The lowest BCUT2D eigenvalue weighted by Gasteiger charge is -2.14. The van der Waals surface area contributed by atoms with Crippen molar-refractivity contribution in [2.75, 3.05) is 12.4 Å². The number of nitrogens with one attached hydrogen (secondary N) is 2. The third-order valence-electron chi connectivity index (χ3n) is 4.82. The zero-order valence-electron chi connectivity index (χ0n) is 17.1. The van der Waals surface area contributed by atoms with Gasteiger partial charge < -0.3 is 10.6 Å². The van der Waals surface area contributed by atoms with Gasteiger partial charge in [-0.2, -0.15) is 13.2 Å². The number of hydrogen-bond acceptors (Lipinski definition) is 6. The minimum Gasteiger partial charge on any atom is -0.354 e. The van der Waals surface area contributed by atoms with Crippen LogP contribution in [-0.2, 0) is 22.7 Å². The summed E-state index contributed by atoms with van der Waals surface area (Å²) in [5, 5.41) is 6.00. The molecular formula is C21H17ClF3N5O2S. The van der Waals surface area contributed by atoms with Gasteiger partial charge in [-0.05, 0) is 49.0 Å². The summed E-state index contributed by atoms with van der Waals surface area (Å²) in [5.74, 6) is 0. The molecule has 0 atom stereocenters. The van der Waals surface area contributed by atoms with E-state index in [1.54, 1.807) is 19.2 Å². The van der Waals surface area contributed by atoms with E-state index in [4.69, 9.17) is 11.6 Å². The molecule has 0 aliphatic rings. The quantitative estimate of drug-likeness (QED) is 0.373. The van der Waals surface area contributed by atoms with Crippen LogP contribution in [0.25, 0.3) is 10.9 Å². The van der Waals surface area contributed by atoms with Gasteiger partial charge in [-0.1, -0.05) is 17.7 Å². The van der Waals surface area contributed by atoms with E-state index in [1.807, 2.05) is 0 Å². The van der Waals surface area contributed by atoms with Crippen molar-refractivity contribution < 1.29 is 21.6 Å². The maximum atomic E-state index is 13.4. The fourth-order valence-electron chi connectivity index (χ4n) is 3.40. The minimum absolute atomic E-state index is 0.0162. The maximum absolute atomic E-state index is 13.4. The number of benzene rings is 1. The average Bonchev–Trinajstić information content (AvgIpc) is 3.14. The highest BCUT2D eigenvalue weighted by molar-refractivity contribution is 7.90. The lowest BCUT2D eigenvalue weighted by molar-refractivity contribution is -0.140. The summed E-state index contributed by atoms with van der Waals surface area (Å²) in [7, 11) is -2.28. The fraction of sp³-hybridized carbons (Fsp3) is 0.143. The van der Waals surface area contributed by atoms with Crippen LogP contribution in [0, 0.1) is 0 Å². The van der Waals surface area contributed by atoms with Crippen LogP contribution in [0.5, 0.6) is 0 Å². The van der Waals surface area contributed by atoms with Gasteiger partial charge in [-0.3, -0.25) is 4.98 Å². The Balaban J connectivity index is 1.85. The number of aromatic nitrogens is 3. The van der Waals surface area contributed by atoms with Crippen molar-refractivity contribution in [3.8, 4) is 0 Å². The summed E-state index contributed by atoms with van der Waals surface area (Å²) in [6.07, 6.45) is -0.560. The number of hydrogen-bond donors (Lipinski definition) is 2. The Bertz CT molecular complexity index is 1420. The highest BCUT2D eigenvalue weighted by Crippen LogP contribution is 2.36. The number of fused-ring (bicyclic) bond motifs is 1. The molecule has 0 saturated carbocycles. The van der Waals surface area contributed by atoms with Crippen molar-refractivity contribution in [2.24, 2.45) is 0 Å². The van der Waals surface area contributed by atoms with Crippen LogP contribution in [-0.4, -0.2) is 29.4 Å². The van der Waals surface area contributed by atoms with Crippen molar-refractivity contribution in [2.45, 2.75) is 17.6 Å². The second kappa shape index (κ2) is 8.65. The predicted molar refractivity (Wildman–Crippen MR) is 119 cm³/mol. The first-order valence-corrected chi connectivity index (χ1v) is 11.4. The summed E-state index contributed by atoms with van der Waals surface area (Å²) >= 11 is 5.65. The molecule has 7 nitrogen and oxygen atoms in total. The van der Waals surface area contributed by atoms with E-state index < -0.39 is 21.9 Å². The van der Waals surface area contributed by atoms with Crippen LogP contribution in [0.4, 0.5) is 24.5 Å². The lowest BCUT2D eigenvalue weighted by Crippen LogP contribution is -2.13. The molecule has 0 fully saturated rings. The van der Waals surface area contributed by atoms with Gasteiger partial charge >= 0.3 is 6.18 Å². The molecule has 0 unspecified atom stereocenters. The number of nitrogens with zero attached hydrogens (tertiary/aromatic N) is 3. The van der Waals surface area contributed by atoms with E-state index in [0.717, 1.165) is 3.97 Å². The van der Waals surface area contributed by atoms with Gasteiger partial charge in [0.25, 0.3) is 10.0 Å². The molecule has 3 aromatic heterocycles. The van der Waals surface area contributed by atoms with Crippen LogP contribution < -0.4 is 10.6 Å². The van der Waals surface area contributed by atoms with Crippen LogP contribution in [0.15, 0.2) is 66.0 Å². The molecule has 0 spiro atoms. The van der Waals surface area contributed by atoms with E-state index in [2.05, 4.69) is 20.6 Å². The van der Waals surface area contributed by atoms with E-state index in [0.29, 0.717) is 23.0 Å². The van der Waals surface area contributed by atoms with Crippen LogP contribution in [0.3, 0.4) is 0 Å². The van der Waals surface area contributed by atoms with Crippen molar-refractivity contribution in [3.63, 3.8) is 0 Å². The summed E-state index contributed by atoms with van der Waals surface area (Å²) in [5.41, 5.74) is -0.242. The summed E-state index contributed by atoms with van der Waals surface area (Å²) < 4.78 is 67.9. The molecule has 12 heteroatoms. The topological polar surface area (TPSA) is 88.9 Å². The van der Waals surface area contributed by atoms with Crippen molar-refractivity contribution in [3.05, 3.63) is 77.5 Å². The molecule has 2 N–H and O–H groups in total. The summed E-state index contributed by atoms with van der Waals surface area (Å²) in [4.78, 5) is 7.24. The van der Waals surface area contributed by atoms with Crippen molar-refractivity contribution >= 4 is 43.9 Å². The maximum Gasteiger partial charge on any atom is 0.435 e. The molecule has 0 saturated heterocycles. The monoisotopic (exact) mass is 495 g/mol. The van der Waals surface area contributed by atoms with E-state index in [9.17, 15) is 21.6 Å². The van der Waals surface area contributed by atoms with Crippen molar-refractivity contribution in [1.82, 2.24) is 19.3 Å². The zero-order valence-corrected chi connectivity index (χ0v) is 18.6. The zero-order chi connectivity index (χ0) is 23.8. The number of alkyl halides is 3. The molecule has 3 heterocycles. The normalized spacial score (nSPS) is 12.3. The Labute approximate surface area is 192 Å². The minimum atomic E-state index is -4.73. The molecular weight excluding hydrogens is 479 g/mol. The van der Waals surface area contributed by atoms with Gasteiger partial charge in [-0.25, -0.2) is 17.4 Å². The lowest BCUT2D eigenvalue weighted by atomic mass is 10.1. The molecule has 0 bridgehead atoms. The SMILES string of the molecule is CNCc1cn(S(=O)(=O)c2cccnc2)c2cc(Nc3ccc(Cl)nc3C(F)(F)F)ccc12. The van der Waals surface area contributed by atoms with Crippen LogP contribution in [0.1, 0.15) is 11.3 Å². The molecule has 0 amide bonds. The number of pyridine rings is 2. The largest absolute Gasteiger partial charge is 0.435 e. The molecule has 4 rings (SSSR count). The van der Waals surface area contributed by atoms with Crippen molar-refractivity contribution in [1.29, 1.82) is 0 Å². The predicted octanol–water partition coefficient (Wildman–Crippen LogP) is 4.80. The van der Waals surface area contributed by atoms with Gasteiger partial charge in [0, 0.05) is 36.2 Å². The first-order valence-electron chi connectivity index (χ1n) is 9.56. The molecule has 4 aromatic rings. The average molecular weight is 496 g/mol. The third-order valence-corrected chi connectivity index (χ3v) is 6.69. The van der Waals surface area contributed by atoms with Gasteiger partial charge in [-0.15, -0.1) is 0 Å². The van der Waals surface area contributed by atoms with Crippen LogP contribution in [0.2, 0.25) is 5.15 Å². The molecule has 0 aliphatic carbocycles. The van der Waals surface area contributed by atoms with E-state index in [-0.39, 0.29) is 21.4 Å². The second-order valence-electron chi connectivity index (χ2n) is 7.06. The Morgan fingerprint density at radius 2 is 1.94 bits per heavy atom. The highest BCUT2D eigenvalue weighted by Gasteiger charge is 2.36. The Kier molecular flexibility index (Phi) is 6.04. The number of halogens is 4. The Hall–Kier alpha value is -3.15. The second-order valence-corrected chi connectivity index (χ2v) is 9.26. The number of anilines is 2. The van der Waals surface area contributed by atoms with Gasteiger partial charge in [0.15, 0.2) is 5.69 Å².